The Hall–Kier alpha value is -3.39. The third kappa shape index (κ3) is 4.25. The molecule has 2 aliphatic heterocycles. The van der Waals surface area contributed by atoms with Crippen LogP contribution in [0.5, 0.6) is 11.6 Å². The number of fused-ring (bicyclic) bond motifs is 3. The summed E-state index contributed by atoms with van der Waals surface area (Å²) >= 11 is 0. The number of pyridine rings is 2. The number of piperazine rings is 1. The van der Waals surface area contributed by atoms with Gasteiger partial charge < -0.3 is 19.1 Å². The number of rotatable bonds is 4. The average molecular weight is 463 g/mol. The maximum atomic E-state index is 11.7. The van der Waals surface area contributed by atoms with E-state index in [0.29, 0.717) is 24.2 Å². The number of carbonyl (C=O) groups is 1. The molecule has 2 aliphatic rings. The van der Waals surface area contributed by atoms with Gasteiger partial charge >= 0.3 is 5.97 Å². The zero-order valence-corrected chi connectivity index (χ0v) is 19.9. The van der Waals surface area contributed by atoms with Gasteiger partial charge in [-0.05, 0) is 43.2 Å². The van der Waals surface area contributed by atoms with Gasteiger partial charge in [-0.3, -0.25) is 4.90 Å². The second-order valence-electron chi connectivity index (χ2n) is 8.76. The molecule has 8 nitrogen and oxygen atoms in total. The van der Waals surface area contributed by atoms with Gasteiger partial charge in [0.15, 0.2) is 0 Å². The first-order chi connectivity index (χ1) is 16.6. The van der Waals surface area contributed by atoms with E-state index in [9.17, 15) is 4.79 Å². The van der Waals surface area contributed by atoms with Crippen LogP contribution in [0.2, 0.25) is 0 Å². The van der Waals surface area contributed by atoms with Crippen molar-refractivity contribution < 1.29 is 19.0 Å². The molecule has 0 radical (unpaired) electrons. The summed E-state index contributed by atoms with van der Waals surface area (Å²) in [6.07, 6.45) is 3.58. The van der Waals surface area contributed by atoms with Crippen molar-refractivity contribution in [1.82, 2.24) is 14.9 Å². The summed E-state index contributed by atoms with van der Waals surface area (Å²) in [5.74, 6) is 1.22. The first-order valence-electron chi connectivity index (χ1n) is 11.8. The number of hydrogen-bond donors (Lipinski definition) is 0. The van der Waals surface area contributed by atoms with Gasteiger partial charge in [-0.1, -0.05) is 6.92 Å². The Morgan fingerprint density at radius 2 is 2.09 bits per heavy atom. The smallest absolute Gasteiger partial charge is 0.356 e. The topological polar surface area (TPSA) is 77.0 Å². The van der Waals surface area contributed by atoms with E-state index in [1.54, 1.807) is 19.4 Å². The van der Waals surface area contributed by atoms with Gasteiger partial charge in [0, 0.05) is 48.7 Å². The molecule has 0 amide bonds. The number of methoxy groups -OCH3 is 2. The summed E-state index contributed by atoms with van der Waals surface area (Å²) in [6, 6.07) is 10.5. The molecule has 0 bridgehead atoms. The second-order valence-corrected chi connectivity index (χ2v) is 8.76. The molecule has 1 fully saturated rings. The lowest BCUT2D eigenvalue weighted by atomic mass is 10.0. The van der Waals surface area contributed by atoms with Crippen molar-refractivity contribution in [2.24, 2.45) is 0 Å². The third-order valence-electron chi connectivity index (χ3n) is 6.80. The number of aromatic nitrogens is 2. The largest absolute Gasteiger partial charge is 0.493 e. The molecule has 8 heteroatoms. The molecule has 1 aromatic carbocycles. The highest BCUT2D eigenvalue weighted by molar-refractivity contribution is 5.87. The van der Waals surface area contributed by atoms with E-state index < -0.39 is 5.97 Å². The Balaban J connectivity index is 1.36. The van der Waals surface area contributed by atoms with Crippen molar-refractivity contribution in [3.63, 3.8) is 0 Å². The van der Waals surface area contributed by atoms with Gasteiger partial charge in [-0.15, -0.1) is 0 Å². The highest BCUT2D eigenvalue weighted by Crippen LogP contribution is 2.33. The second kappa shape index (κ2) is 9.46. The van der Waals surface area contributed by atoms with Gasteiger partial charge in [0.05, 0.1) is 38.2 Å². The summed E-state index contributed by atoms with van der Waals surface area (Å²) in [4.78, 5) is 25.6. The molecular weight excluding hydrogens is 432 g/mol. The number of carbonyl (C=O) groups excluding carboxylic acids is 1. The van der Waals surface area contributed by atoms with Crippen LogP contribution in [0, 0.1) is 0 Å². The Morgan fingerprint density at radius 1 is 1.21 bits per heavy atom. The van der Waals surface area contributed by atoms with Gasteiger partial charge in [0.1, 0.15) is 11.4 Å². The van der Waals surface area contributed by atoms with E-state index in [1.165, 1.54) is 7.11 Å². The molecule has 4 heterocycles. The minimum atomic E-state index is -0.419. The fourth-order valence-corrected chi connectivity index (χ4v) is 4.89. The van der Waals surface area contributed by atoms with Crippen molar-refractivity contribution >= 4 is 22.6 Å². The zero-order chi connectivity index (χ0) is 23.7. The number of nitrogens with zero attached hydrogens (tertiary/aromatic N) is 4. The predicted octanol–water partition coefficient (Wildman–Crippen LogP) is 3.46. The minimum Gasteiger partial charge on any atom is -0.493 e. The van der Waals surface area contributed by atoms with Crippen LogP contribution >= 0.6 is 0 Å². The molecule has 34 heavy (non-hydrogen) atoms. The number of ether oxygens (including phenoxy) is 3. The van der Waals surface area contributed by atoms with Crippen LogP contribution in [-0.4, -0.2) is 67.3 Å². The molecule has 0 N–H and O–H groups in total. The van der Waals surface area contributed by atoms with Gasteiger partial charge in [0.2, 0.25) is 5.88 Å². The number of esters is 1. The molecule has 1 unspecified atom stereocenters. The number of hydrogen-bond acceptors (Lipinski definition) is 8. The number of anilines is 1. The first-order valence-corrected chi connectivity index (χ1v) is 11.8. The molecule has 178 valence electrons. The van der Waals surface area contributed by atoms with Crippen LogP contribution in [-0.2, 0) is 17.7 Å². The van der Waals surface area contributed by atoms with E-state index in [1.807, 2.05) is 6.07 Å². The van der Waals surface area contributed by atoms with Crippen LogP contribution in [0.3, 0.4) is 0 Å². The van der Waals surface area contributed by atoms with E-state index in [-0.39, 0.29) is 0 Å². The monoisotopic (exact) mass is 462 g/mol. The van der Waals surface area contributed by atoms with Crippen molar-refractivity contribution in [3.8, 4) is 11.6 Å². The summed E-state index contributed by atoms with van der Waals surface area (Å²) in [7, 11) is 3.04. The van der Waals surface area contributed by atoms with Crippen molar-refractivity contribution in [1.29, 1.82) is 0 Å². The highest BCUT2D eigenvalue weighted by Gasteiger charge is 2.30. The molecule has 0 aliphatic carbocycles. The van der Waals surface area contributed by atoms with Crippen LogP contribution in [0.25, 0.3) is 10.9 Å². The van der Waals surface area contributed by atoms with Crippen molar-refractivity contribution in [2.45, 2.75) is 32.4 Å². The molecule has 3 aromatic rings. The number of benzene rings is 1. The molecular formula is C26H30N4O4. The Kier molecular flexibility index (Phi) is 6.24. The van der Waals surface area contributed by atoms with Crippen LogP contribution in [0.15, 0.2) is 36.5 Å². The van der Waals surface area contributed by atoms with E-state index >= 15 is 0 Å². The Labute approximate surface area is 199 Å². The van der Waals surface area contributed by atoms with E-state index in [0.717, 1.165) is 72.5 Å². The van der Waals surface area contributed by atoms with Crippen LogP contribution < -0.4 is 14.4 Å². The predicted molar refractivity (Wildman–Crippen MR) is 130 cm³/mol. The summed E-state index contributed by atoms with van der Waals surface area (Å²) < 4.78 is 16.5. The van der Waals surface area contributed by atoms with E-state index in [4.69, 9.17) is 19.2 Å². The standard InChI is InChI=1S/C26H30N4O4/c1-4-17-11-18-13-24-19(12-23(18)28-25(17)32-2)15-29-8-9-30(16-21(29)7-10-34-24)20-5-6-22(27-14-20)26(31)33-3/h5-6,11-14,21H,4,7-10,15-16H2,1-3H3. The molecule has 0 spiro atoms. The zero-order valence-electron chi connectivity index (χ0n) is 19.9. The first kappa shape index (κ1) is 22.4. The fourth-order valence-electron chi connectivity index (χ4n) is 4.89. The summed E-state index contributed by atoms with van der Waals surface area (Å²) in [6.45, 7) is 6.31. The van der Waals surface area contributed by atoms with Gasteiger partial charge in [-0.2, -0.15) is 0 Å². The number of aryl methyl sites for hydroxylation is 1. The molecule has 0 saturated carbocycles. The summed E-state index contributed by atoms with van der Waals surface area (Å²) in [5.41, 5.74) is 4.54. The lowest BCUT2D eigenvalue weighted by Crippen LogP contribution is -2.53. The van der Waals surface area contributed by atoms with E-state index in [2.05, 4.69) is 39.9 Å². The lowest BCUT2D eigenvalue weighted by Gasteiger charge is -2.43. The third-order valence-corrected chi connectivity index (χ3v) is 6.80. The fraction of sp³-hybridized carbons (Fsp3) is 0.423. The Morgan fingerprint density at radius 3 is 2.82 bits per heavy atom. The maximum Gasteiger partial charge on any atom is 0.356 e. The van der Waals surface area contributed by atoms with Gasteiger partial charge in [0.25, 0.3) is 0 Å². The molecule has 2 aromatic heterocycles. The van der Waals surface area contributed by atoms with Gasteiger partial charge in [-0.25, -0.2) is 14.8 Å². The highest BCUT2D eigenvalue weighted by atomic mass is 16.5. The molecule has 1 atom stereocenters. The quantitative estimate of drug-likeness (QED) is 0.546. The normalized spacial score (nSPS) is 18.3. The summed E-state index contributed by atoms with van der Waals surface area (Å²) in [5, 5.41) is 1.08. The lowest BCUT2D eigenvalue weighted by molar-refractivity contribution is 0.0594. The molecule has 1 saturated heterocycles. The van der Waals surface area contributed by atoms with Crippen molar-refractivity contribution in [3.05, 3.63) is 53.3 Å². The minimum absolute atomic E-state index is 0.323. The van der Waals surface area contributed by atoms with Crippen LogP contribution in [0.1, 0.15) is 35.0 Å². The Bertz CT molecular complexity index is 1200. The maximum absolute atomic E-state index is 11.7. The van der Waals surface area contributed by atoms with Crippen molar-refractivity contribution in [2.75, 3.05) is 45.4 Å². The SMILES string of the molecule is CCc1cc2cc3c(cc2nc1OC)CN1CCN(c2ccc(C(=O)OC)nc2)CC1CCO3. The van der Waals surface area contributed by atoms with Crippen LogP contribution in [0.4, 0.5) is 5.69 Å². The average Bonchev–Trinajstić information content (AvgIpc) is 2.87. The molecule has 5 rings (SSSR count).